The van der Waals surface area contributed by atoms with E-state index in [0.29, 0.717) is 6.10 Å². The Bertz CT molecular complexity index is 400. The van der Waals surface area contributed by atoms with E-state index in [-0.39, 0.29) is 0 Å². The number of hydrogen-bond donors (Lipinski definition) is 1. The van der Waals surface area contributed by atoms with Crippen LogP contribution in [0.25, 0.3) is 0 Å². The van der Waals surface area contributed by atoms with Gasteiger partial charge in [0.2, 0.25) is 0 Å². The quantitative estimate of drug-likeness (QED) is 0.815. The van der Waals surface area contributed by atoms with Crippen LogP contribution in [0.3, 0.4) is 0 Å². The first kappa shape index (κ1) is 15.0. The molecule has 0 radical (unpaired) electrons. The lowest BCUT2D eigenvalue weighted by atomic mass is 10.1. The molecule has 4 nitrogen and oxygen atoms in total. The van der Waals surface area contributed by atoms with Gasteiger partial charge in [-0.25, -0.2) is 0 Å². The molecule has 1 aromatic rings. The zero-order valence-corrected chi connectivity index (χ0v) is 13.5. The van der Waals surface area contributed by atoms with Gasteiger partial charge in [-0.3, -0.25) is 4.68 Å². The molecule has 5 heteroatoms. The summed E-state index contributed by atoms with van der Waals surface area (Å²) in [7, 11) is 0. The lowest BCUT2D eigenvalue weighted by Crippen LogP contribution is -2.25. The summed E-state index contributed by atoms with van der Waals surface area (Å²) in [5.74, 6) is 0. The second-order valence-electron chi connectivity index (χ2n) is 5.12. The molecule has 1 aromatic heterocycles. The summed E-state index contributed by atoms with van der Waals surface area (Å²) in [6.07, 6.45) is 5.33. The zero-order valence-electron chi connectivity index (χ0n) is 11.9. The van der Waals surface area contributed by atoms with Gasteiger partial charge in [0, 0.05) is 19.7 Å². The summed E-state index contributed by atoms with van der Waals surface area (Å²) in [5, 5.41) is 8.01. The number of aromatic nitrogens is 2. The number of nitrogens with zero attached hydrogens (tertiary/aromatic N) is 2. The Kier molecular flexibility index (Phi) is 5.85. The van der Waals surface area contributed by atoms with Gasteiger partial charge < -0.3 is 10.1 Å². The van der Waals surface area contributed by atoms with E-state index >= 15 is 0 Å². The Morgan fingerprint density at radius 2 is 2.32 bits per heavy atom. The van der Waals surface area contributed by atoms with E-state index < -0.39 is 0 Å². The number of rotatable bonds is 6. The molecule has 2 heterocycles. The molecule has 1 N–H and O–H groups in total. The maximum atomic E-state index is 5.74. The summed E-state index contributed by atoms with van der Waals surface area (Å²) in [6, 6.07) is 0. The molecular weight excluding hydrogens is 306 g/mol. The Morgan fingerprint density at radius 1 is 1.47 bits per heavy atom. The second-order valence-corrected chi connectivity index (χ2v) is 5.91. The smallest absolute Gasteiger partial charge is 0.0739 e. The van der Waals surface area contributed by atoms with Crippen molar-refractivity contribution >= 4 is 15.9 Å². The molecule has 1 saturated heterocycles. The molecule has 1 aliphatic rings. The third-order valence-corrected chi connectivity index (χ3v) is 4.69. The van der Waals surface area contributed by atoms with Crippen molar-refractivity contribution in [3.8, 4) is 0 Å². The van der Waals surface area contributed by atoms with Crippen LogP contribution in [0.1, 0.15) is 44.0 Å². The summed E-state index contributed by atoms with van der Waals surface area (Å²) in [4.78, 5) is 0. The third-order valence-electron chi connectivity index (χ3n) is 3.66. The highest BCUT2D eigenvalue weighted by Gasteiger charge is 2.14. The van der Waals surface area contributed by atoms with E-state index in [0.717, 1.165) is 42.8 Å². The molecule has 0 amide bonds. The number of nitrogens with one attached hydrogen (secondary N) is 1. The lowest BCUT2D eigenvalue weighted by Gasteiger charge is -2.22. The number of hydrogen-bond acceptors (Lipinski definition) is 3. The van der Waals surface area contributed by atoms with E-state index in [1.54, 1.807) is 0 Å². The molecule has 0 aliphatic carbocycles. The molecule has 1 fully saturated rings. The highest BCUT2D eigenvalue weighted by Crippen LogP contribution is 2.21. The fraction of sp³-hybridized carbons (Fsp3) is 0.786. The van der Waals surface area contributed by atoms with Crippen LogP contribution < -0.4 is 5.32 Å². The average Bonchev–Trinajstić information content (AvgIpc) is 2.72. The normalized spacial score (nSPS) is 19.8. The molecule has 19 heavy (non-hydrogen) atoms. The molecule has 1 aliphatic heterocycles. The molecule has 0 bridgehead atoms. The second kappa shape index (κ2) is 7.41. The Labute approximate surface area is 124 Å². The molecule has 1 unspecified atom stereocenters. The van der Waals surface area contributed by atoms with Crippen LogP contribution in [0.5, 0.6) is 0 Å². The maximum Gasteiger partial charge on any atom is 0.0739 e. The monoisotopic (exact) mass is 329 g/mol. The van der Waals surface area contributed by atoms with Crippen LogP contribution in [0.15, 0.2) is 4.47 Å². The van der Waals surface area contributed by atoms with Gasteiger partial charge in [-0.2, -0.15) is 5.10 Å². The topological polar surface area (TPSA) is 39.1 Å². The van der Waals surface area contributed by atoms with Crippen LogP contribution in [0.4, 0.5) is 0 Å². The van der Waals surface area contributed by atoms with Crippen LogP contribution >= 0.6 is 15.9 Å². The predicted octanol–water partition coefficient (Wildman–Crippen LogP) is 3.02. The first-order valence-corrected chi connectivity index (χ1v) is 8.05. The van der Waals surface area contributed by atoms with Crippen molar-refractivity contribution in [2.24, 2.45) is 0 Å². The van der Waals surface area contributed by atoms with Gasteiger partial charge in [0.25, 0.3) is 0 Å². The molecule has 0 aromatic carbocycles. The lowest BCUT2D eigenvalue weighted by molar-refractivity contribution is 0.0115. The Hall–Kier alpha value is -0.390. The van der Waals surface area contributed by atoms with Crippen molar-refractivity contribution in [1.82, 2.24) is 15.1 Å². The first-order chi connectivity index (χ1) is 9.22. The minimum Gasteiger partial charge on any atom is -0.378 e. The number of halogens is 1. The van der Waals surface area contributed by atoms with Crippen LogP contribution in [-0.2, 0) is 17.8 Å². The molecule has 108 valence electrons. The van der Waals surface area contributed by atoms with Gasteiger partial charge in [0.1, 0.15) is 0 Å². The number of ether oxygens (including phenoxy) is 1. The van der Waals surface area contributed by atoms with Crippen molar-refractivity contribution in [2.75, 3.05) is 13.2 Å². The summed E-state index contributed by atoms with van der Waals surface area (Å²) in [5.41, 5.74) is 2.30. The van der Waals surface area contributed by atoms with Gasteiger partial charge >= 0.3 is 0 Å². The summed E-state index contributed by atoms with van der Waals surface area (Å²) < 4.78 is 8.93. The third kappa shape index (κ3) is 4.04. The molecule has 2 rings (SSSR count). The largest absolute Gasteiger partial charge is 0.378 e. The minimum atomic E-state index is 0.461. The van der Waals surface area contributed by atoms with E-state index in [1.807, 2.05) is 6.92 Å². The molecule has 0 spiro atoms. The van der Waals surface area contributed by atoms with E-state index in [1.165, 1.54) is 25.0 Å². The van der Waals surface area contributed by atoms with Gasteiger partial charge in [0.15, 0.2) is 0 Å². The van der Waals surface area contributed by atoms with E-state index in [4.69, 9.17) is 4.74 Å². The van der Waals surface area contributed by atoms with Crippen molar-refractivity contribution in [3.05, 3.63) is 15.9 Å². The summed E-state index contributed by atoms with van der Waals surface area (Å²) >= 11 is 3.62. The molecular formula is C14H24BrN3O. The number of aryl methyl sites for hydroxylation is 2. The minimum absolute atomic E-state index is 0.461. The molecule has 1 atom stereocenters. The van der Waals surface area contributed by atoms with Crippen molar-refractivity contribution in [1.29, 1.82) is 0 Å². The van der Waals surface area contributed by atoms with Crippen LogP contribution in [-0.4, -0.2) is 29.0 Å². The average molecular weight is 330 g/mol. The fourth-order valence-corrected chi connectivity index (χ4v) is 2.97. The maximum absolute atomic E-state index is 5.74. The van der Waals surface area contributed by atoms with Gasteiger partial charge in [-0.15, -0.1) is 0 Å². The van der Waals surface area contributed by atoms with E-state index in [2.05, 4.69) is 38.0 Å². The van der Waals surface area contributed by atoms with Crippen LogP contribution in [0, 0.1) is 6.92 Å². The SMILES string of the molecule is CCn1nc(C)c(Br)c1CNCCC1CCCCO1. The van der Waals surface area contributed by atoms with Gasteiger partial charge in [-0.1, -0.05) is 0 Å². The highest BCUT2D eigenvalue weighted by molar-refractivity contribution is 9.10. The summed E-state index contributed by atoms with van der Waals surface area (Å²) in [6.45, 7) is 7.88. The standard InChI is InChI=1S/C14H24BrN3O/c1-3-18-13(14(15)11(2)17-18)10-16-8-7-12-6-4-5-9-19-12/h12,16H,3-10H2,1-2H3. The fourth-order valence-electron chi connectivity index (χ4n) is 2.54. The Morgan fingerprint density at radius 3 is 3.00 bits per heavy atom. The zero-order chi connectivity index (χ0) is 13.7. The van der Waals surface area contributed by atoms with Crippen molar-refractivity contribution in [2.45, 2.75) is 58.7 Å². The van der Waals surface area contributed by atoms with Crippen molar-refractivity contribution < 1.29 is 4.74 Å². The van der Waals surface area contributed by atoms with Gasteiger partial charge in [-0.05, 0) is 62.0 Å². The molecule has 0 saturated carbocycles. The van der Waals surface area contributed by atoms with Crippen molar-refractivity contribution in [3.63, 3.8) is 0 Å². The predicted molar refractivity (Wildman–Crippen MR) is 80.3 cm³/mol. The van der Waals surface area contributed by atoms with E-state index in [9.17, 15) is 0 Å². The highest BCUT2D eigenvalue weighted by atomic mass is 79.9. The Balaban J connectivity index is 1.76. The van der Waals surface area contributed by atoms with Crippen LogP contribution in [0.2, 0.25) is 0 Å². The first-order valence-electron chi connectivity index (χ1n) is 7.26. The van der Waals surface area contributed by atoms with Gasteiger partial charge in [0.05, 0.1) is 22.0 Å².